The van der Waals surface area contributed by atoms with Crippen LogP contribution in [0.4, 0.5) is 5.82 Å². The minimum Gasteiger partial charge on any atom is -0.366 e. The van der Waals surface area contributed by atoms with Crippen LogP contribution in [0.3, 0.4) is 0 Å². The number of carbonyl (C=O) groups is 1. The smallest absolute Gasteiger partial charge is 0.250 e. The Morgan fingerprint density at radius 2 is 1.96 bits per heavy atom. The Kier molecular flexibility index (Phi) is 4.65. The minimum atomic E-state index is -0.417. The van der Waals surface area contributed by atoms with Crippen molar-refractivity contribution in [2.24, 2.45) is 17.1 Å². The molecule has 4 heterocycles. The molecule has 0 unspecified atom stereocenters. The number of piperidine rings is 2. The van der Waals surface area contributed by atoms with E-state index in [4.69, 9.17) is 5.73 Å². The summed E-state index contributed by atoms with van der Waals surface area (Å²) in [5.41, 5.74) is 6.30. The van der Waals surface area contributed by atoms with Gasteiger partial charge in [-0.3, -0.25) is 4.79 Å². The second kappa shape index (κ2) is 6.92. The molecule has 6 heteroatoms. The summed E-state index contributed by atoms with van der Waals surface area (Å²) in [7, 11) is 0. The monoisotopic (exact) mass is 343 g/mol. The van der Waals surface area contributed by atoms with E-state index < -0.39 is 5.91 Å². The second-order valence-electron chi connectivity index (χ2n) is 8.12. The largest absolute Gasteiger partial charge is 0.366 e. The number of likely N-dealkylation sites (tertiary alicyclic amines) is 1. The zero-order chi connectivity index (χ0) is 17.3. The number of nitrogens with zero attached hydrogens (tertiary/aromatic N) is 3. The number of nitrogens with one attached hydrogen (secondary N) is 1. The van der Waals surface area contributed by atoms with Crippen LogP contribution in [0, 0.1) is 11.3 Å². The Labute approximate surface area is 149 Å². The zero-order valence-corrected chi connectivity index (χ0v) is 14.9. The van der Waals surface area contributed by atoms with Gasteiger partial charge in [0.2, 0.25) is 5.91 Å². The van der Waals surface area contributed by atoms with Gasteiger partial charge in [0.15, 0.2) is 0 Å². The number of primary amides is 1. The lowest BCUT2D eigenvalue weighted by atomic mass is 9.71. The lowest BCUT2D eigenvalue weighted by Crippen LogP contribution is -2.61. The molecule has 0 bridgehead atoms. The third kappa shape index (κ3) is 3.65. The maximum atomic E-state index is 11.2. The number of pyridine rings is 1. The lowest BCUT2D eigenvalue weighted by molar-refractivity contribution is -0.0297. The number of anilines is 1. The fourth-order valence-electron chi connectivity index (χ4n) is 4.71. The quantitative estimate of drug-likeness (QED) is 0.856. The summed E-state index contributed by atoms with van der Waals surface area (Å²) in [5, 5.41) is 3.46. The molecule has 1 spiro atoms. The summed E-state index contributed by atoms with van der Waals surface area (Å²) in [6.45, 7) is 8.36. The maximum Gasteiger partial charge on any atom is 0.250 e. The van der Waals surface area contributed by atoms with E-state index in [0.717, 1.165) is 24.8 Å². The summed E-state index contributed by atoms with van der Waals surface area (Å²) in [6, 6.07) is 3.70. The van der Waals surface area contributed by atoms with Crippen molar-refractivity contribution in [2.75, 3.05) is 50.7 Å². The molecule has 3 N–H and O–H groups in total. The van der Waals surface area contributed by atoms with Crippen molar-refractivity contribution in [1.82, 2.24) is 15.2 Å². The molecule has 1 aromatic rings. The van der Waals surface area contributed by atoms with Crippen molar-refractivity contribution >= 4 is 11.7 Å². The molecule has 0 atom stereocenters. The molecule has 0 aromatic carbocycles. The first-order valence-electron chi connectivity index (χ1n) is 9.57. The maximum absolute atomic E-state index is 11.2. The Morgan fingerprint density at radius 1 is 1.24 bits per heavy atom. The Balaban J connectivity index is 1.25. The first-order chi connectivity index (χ1) is 12.1. The Morgan fingerprint density at radius 3 is 2.56 bits per heavy atom. The van der Waals surface area contributed by atoms with Crippen molar-refractivity contribution in [3.05, 3.63) is 23.9 Å². The molecular weight excluding hydrogens is 314 g/mol. The van der Waals surface area contributed by atoms with Crippen molar-refractivity contribution in [1.29, 1.82) is 0 Å². The summed E-state index contributed by atoms with van der Waals surface area (Å²) >= 11 is 0. The van der Waals surface area contributed by atoms with E-state index in [9.17, 15) is 4.79 Å². The first kappa shape index (κ1) is 16.8. The van der Waals surface area contributed by atoms with Crippen molar-refractivity contribution in [3.63, 3.8) is 0 Å². The number of nitrogens with two attached hydrogens (primary N) is 1. The van der Waals surface area contributed by atoms with E-state index in [-0.39, 0.29) is 0 Å². The number of aromatic nitrogens is 1. The molecule has 25 heavy (non-hydrogen) atoms. The summed E-state index contributed by atoms with van der Waals surface area (Å²) in [5.74, 6) is 1.44. The molecule has 4 rings (SSSR count). The third-order valence-corrected chi connectivity index (χ3v) is 6.27. The zero-order valence-electron chi connectivity index (χ0n) is 14.9. The molecular formula is C19H29N5O. The number of amides is 1. The van der Waals surface area contributed by atoms with Gasteiger partial charge in [-0.15, -0.1) is 0 Å². The molecule has 0 saturated carbocycles. The van der Waals surface area contributed by atoms with Crippen LogP contribution in [0.5, 0.6) is 0 Å². The molecule has 1 amide bonds. The highest BCUT2D eigenvalue weighted by Gasteiger charge is 2.45. The molecule has 1 aromatic heterocycles. The van der Waals surface area contributed by atoms with Crippen molar-refractivity contribution in [2.45, 2.75) is 25.7 Å². The van der Waals surface area contributed by atoms with Crippen molar-refractivity contribution < 1.29 is 4.79 Å². The highest BCUT2D eigenvalue weighted by atomic mass is 16.1. The van der Waals surface area contributed by atoms with E-state index in [1.807, 2.05) is 6.07 Å². The molecule has 0 aliphatic carbocycles. The number of hydrogen-bond acceptors (Lipinski definition) is 5. The number of hydrogen-bond donors (Lipinski definition) is 2. The van der Waals surface area contributed by atoms with Gasteiger partial charge in [-0.1, -0.05) is 0 Å². The summed E-state index contributed by atoms with van der Waals surface area (Å²) in [6.07, 6.45) is 6.75. The van der Waals surface area contributed by atoms with Crippen LogP contribution in [0.2, 0.25) is 0 Å². The second-order valence-corrected chi connectivity index (χ2v) is 8.12. The topological polar surface area (TPSA) is 74.5 Å². The van der Waals surface area contributed by atoms with E-state index in [0.29, 0.717) is 11.0 Å². The molecule has 6 nitrogen and oxygen atoms in total. The van der Waals surface area contributed by atoms with Gasteiger partial charge in [-0.25, -0.2) is 4.98 Å². The van der Waals surface area contributed by atoms with Crippen LogP contribution < -0.4 is 16.0 Å². The molecule has 136 valence electrons. The average molecular weight is 343 g/mol. The molecule has 3 aliphatic heterocycles. The van der Waals surface area contributed by atoms with Crippen LogP contribution in [-0.2, 0) is 0 Å². The molecule has 3 saturated heterocycles. The first-order valence-corrected chi connectivity index (χ1v) is 9.57. The van der Waals surface area contributed by atoms with Crippen molar-refractivity contribution in [3.8, 4) is 0 Å². The van der Waals surface area contributed by atoms with Gasteiger partial charge in [-0.05, 0) is 62.2 Å². The number of carbonyl (C=O) groups excluding carboxylic acids is 1. The summed E-state index contributed by atoms with van der Waals surface area (Å²) < 4.78 is 0. The predicted octanol–water partition coefficient (Wildman–Crippen LogP) is 1.08. The van der Waals surface area contributed by atoms with Gasteiger partial charge < -0.3 is 20.9 Å². The van der Waals surface area contributed by atoms with E-state index in [1.54, 1.807) is 12.3 Å². The van der Waals surface area contributed by atoms with Gasteiger partial charge in [0, 0.05) is 38.9 Å². The van der Waals surface area contributed by atoms with E-state index in [2.05, 4.69) is 20.1 Å². The van der Waals surface area contributed by atoms with Gasteiger partial charge >= 0.3 is 0 Å². The minimum absolute atomic E-state index is 0.417. The molecule has 3 aliphatic rings. The van der Waals surface area contributed by atoms with Gasteiger partial charge in [0.05, 0.1) is 5.56 Å². The Hall–Kier alpha value is -1.66. The fraction of sp³-hybridized carbons (Fsp3) is 0.684. The van der Waals surface area contributed by atoms with Crippen LogP contribution in [0.15, 0.2) is 18.3 Å². The predicted molar refractivity (Wildman–Crippen MR) is 98.7 cm³/mol. The lowest BCUT2D eigenvalue weighted by Gasteiger charge is -2.55. The van der Waals surface area contributed by atoms with Crippen LogP contribution in [0.1, 0.15) is 36.0 Å². The summed E-state index contributed by atoms with van der Waals surface area (Å²) in [4.78, 5) is 20.6. The average Bonchev–Trinajstić information content (AvgIpc) is 2.62. The van der Waals surface area contributed by atoms with E-state index >= 15 is 0 Å². The highest BCUT2D eigenvalue weighted by molar-refractivity contribution is 5.92. The number of rotatable bonds is 4. The van der Waals surface area contributed by atoms with Gasteiger partial charge in [0.1, 0.15) is 5.82 Å². The third-order valence-electron chi connectivity index (χ3n) is 6.27. The highest BCUT2D eigenvalue weighted by Crippen LogP contribution is 2.41. The van der Waals surface area contributed by atoms with Crippen LogP contribution >= 0.6 is 0 Å². The van der Waals surface area contributed by atoms with Crippen LogP contribution in [0.25, 0.3) is 0 Å². The normalized spacial score (nSPS) is 24.2. The Bertz CT molecular complexity index is 595. The molecule has 3 fully saturated rings. The SMILES string of the molecule is NC(=O)c1ccc(N2CCC3(CC2)CN(CC2CCNCC2)C3)nc1. The standard InChI is InChI=1S/C19H29N5O/c20-18(25)16-1-2-17(22-11-16)24-9-5-19(6-10-24)13-23(14-19)12-15-3-7-21-8-4-15/h1-2,11,15,21H,3-10,12-14H2,(H2,20,25). The van der Waals surface area contributed by atoms with Gasteiger partial charge in [0.25, 0.3) is 0 Å². The van der Waals surface area contributed by atoms with Crippen LogP contribution in [-0.4, -0.2) is 61.6 Å². The molecule has 0 radical (unpaired) electrons. The van der Waals surface area contributed by atoms with E-state index in [1.165, 1.54) is 58.4 Å². The fourth-order valence-corrected chi connectivity index (χ4v) is 4.71. The van der Waals surface area contributed by atoms with Gasteiger partial charge in [-0.2, -0.15) is 0 Å².